The van der Waals surface area contributed by atoms with Crippen LogP contribution in [0.5, 0.6) is 0 Å². The fourth-order valence-electron chi connectivity index (χ4n) is 5.13. The Balaban J connectivity index is 1.44. The van der Waals surface area contributed by atoms with Crippen LogP contribution in [-0.2, 0) is 27.4 Å². The van der Waals surface area contributed by atoms with Gasteiger partial charge in [0.1, 0.15) is 11.5 Å². The number of aryl methyl sites for hydroxylation is 1. The predicted molar refractivity (Wildman–Crippen MR) is 131 cm³/mol. The van der Waals surface area contributed by atoms with E-state index in [2.05, 4.69) is 0 Å². The summed E-state index contributed by atoms with van der Waals surface area (Å²) in [6.07, 6.45) is 8.43. The fourth-order valence-corrected chi connectivity index (χ4v) is 5.13. The van der Waals surface area contributed by atoms with Crippen molar-refractivity contribution in [2.45, 2.75) is 77.5 Å². The van der Waals surface area contributed by atoms with Crippen LogP contribution >= 0.6 is 0 Å². The fraction of sp³-hybridized carbons (Fsp3) is 0.571. The summed E-state index contributed by atoms with van der Waals surface area (Å²) in [5, 5.41) is 0. The maximum Gasteiger partial charge on any atom is 0.242 e. The Labute approximate surface area is 203 Å². The van der Waals surface area contributed by atoms with E-state index in [0.717, 1.165) is 43.0 Å². The maximum absolute atomic E-state index is 13.6. The van der Waals surface area contributed by atoms with Gasteiger partial charge in [-0.15, -0.1) is 0 Å². The molecule has 1 saturated carbocycles. The van der Waals surface area contributed by atoms with Crippen LogP contribution in [0.2, 0.25) is 0 Å². The van der Waals surface area contributed by atoms with Gasteiger partial charge in [0.25, 0.3) is 0 Å². The van der Waals surface area contributed by atoms with Crippen molar-refractivity contribution >= 4 is 11.8 Å². The van der Waals surface area contributed by atoms with Gasteiger partial charge in [-0.05, 0) is 49.8 Å². The third-order valence-electron chi connectivity index (χ3n) is 7.08. The summed E-state index contributed by atoms with van der Waals surface area (Å²) in [6.45, 7) is 4.07. The summed E-state index contributed by atoms with van der Waals surface area (Å²) < 4.78 is 11.6. The standard InChI is InChI=1S/C28H38N2O4/c1-22-13-15-26(34-22)20-29(18-24-10-3-2-4-11-24)28(32)21-30(19-25-12-7-17-33-25)27(31)16-14-23-8-5-6-9-23/h2-4,10-11,13,15,23,25H,5-9,12,14,16-21H2,1H3. The highest BCUT2D eigenvalue weighted by Gasteiger charge is 2.27. The van der Waals surface area contributed by atoms with Crippen LogP contribution in [0.4, 0.5) is 0 Å². The first-order valence-electron chi connectivity index (χ1n) is 12.8. The van der Waals surface area contributed by atoms with E-state index in [9.17, 15) is 9.59 Å². The minimum atomic E-state index is -0.0647. The third-order valence-corrected chi connectivity index (χ3v) is 7.08. The molecule has 1 unspecified atom stereocenters. The van der Waals surface area contributed by atoms with Gasteiger partial charge in [0.2, 0.25) is 11.8 Å². The zero-order valence-corrected chi connectivity index (χ0v) is 20.4. The van der Waals surface area contributed by atoms with Crippen molar-refractivity contribution < 1.29 is 18.7 Å². The molecule has 2 fully saturated rings. The van der Waals surface area contributed by atoms with E-state index in [4.69, 9.17) is 9.15 Å². The quantitative estimate of drug-likeness (QED) is 0.462. The van der Waals surface area contributed by atoms with E-state index in [-0.39, 0.29) is 24.5 Å². The molecule has 2 heterocycles. The van der Waals surface area contributed by atoms with Gasteiger partial charge in [-0.3, -0.25) is 9.59 Å². The van der Waals surface area contributed by atoms with Crippen molar-refractivity contribution in [2.24, 2.45) is 5.92 Å². The van der Waals surface area contributed by atoms with Crippen molar-refractivity contribution in [3.63, 3.8) is 0 Å². The second-order valence-electron chi connectivity index (χ2n) is 9.85. The Morgan fingerprint density at radius 2 is 1.71 bits per heavy atom. The van der Waals surface area contributed by atoms with Crippen LogP contribution in [-0.4, -0.2) is 47.4 Å². The lowest BCUT2D eigenvalue weighted by atomic mass is 10.0. The summed E-state index contributed by atoms with van der Waals surface area (Å²) in [5.41, 5.74) is 1.05. The number of amides is 2. The van der Waals surface area contributed by atoms with Gasteiger partial charge in [0.05, 0.1) is 19.2 Å². The molecule has 184 valence electrons. The van der Waals surface area contributed by atoms with Gasteiger partial charge in [-0.2, -0.15) is 0 Å². The molecule has 1 aliphatic carbocycles. The van der Waals surface area contributed by atoms with E-state index in [1.807, 2.05) is 49.4 Å². The zero-order valence-electron chi connectivity index (χ0n) is 20.4. The first-order chi connectivity index (χ1) is 16.6. The normalized spacial score (nSPS) is 18.3. The first-order valence-corrected chi connectivity index (χ1v) is 12.8. The molecule has 1 aromatic carbocycles. The molecule has 6 nitrogen and oxygen atoms in total. The summed E-state index contributed by atoms with van der Waals surface area (Å²) in [6, 6.07) is 13.8. The van der Waals surface area contributed by atoms with Crippen molar-refractivity contribution in [3.8, 4) is 0 Å². The zero-order chi connectivity index (χ0) is 23.8. The average Bonchev–Trinajstić information content (AvgIpc) is 3.61. The van der Waals surface area contributed by atoms with E-state index >= 15 is 0 Å². The number of carbonyl (C=O) groups is 2. The molecule has 1 aromatic heterocycles. The van der Waals surface area contributed by atoms with Crippen LogP contribution in [0.25, 0.3) is 0 Å². The molecule has 4 rings (SSSR count). The van der Waals surface area contributed by atoms with Crippen LogP contribution in [0.1, 0.15) is 68.5 Å². The van der Waals surface area contributed by atoms with E-state index in [1.165, 1.54) is 25.7 Å². The number of nitrogens with zero attached hydrogens (tertiary/aromatic N) is 2. The summed E-state index contributed by atoms with van der Waals surface area (Å²) >= 11 is 0. The topological polar surface area (TPSA) is 63.0 Å². The number of furan rings is 1. The van der Waals surface area contributed by atoms with Crippen LogP contribution in [0.15, 0.2) is 46.9 Å². The van der Waals surface area contributed by atoms with E-state index in [0.29, 0.717) is 32.0 Å². The third kappa shape index (κ3) is 7.20. The molecule has 34 heavy (non-hydrogen) atoms. The summed E-state index contributed by atoms with van der Waals surface area (Å²) in [5.74, 6) is 2.24. The molecular weight excluding hydrogens is 428 g/mol. The van der Waals surface area contributed by atoms with Crippen LogP contribution in [0.3, 0.4) is 0 Å². The van der Waals surface area contributed by atoms with Crippen LogP contribution in [0, 0.1) is 12.8 Å². The smallest absolute Gasteiger partial charge is 0.242 e. The number of ether oxygens (including phenoxy) is 1. The average molecular weight is 467 g/mol. The highest BCUT2D eigenvalue weighted by molar-refractivity contribution is 5.85. The molecule has 2 amide bonds. The molecule has 1 aliphatic heterocycles. The molecule has 1 atom stereocenters. The largest absolute Gasteiger partial charge is 0.464 e. The number of carbonyl (C=O) groups excluding carboxylic acids is 2. The van der Waals surface area contributed by atoms with Crippen molar-refractivity contribution in [1.29, 1.82) is 0 Å². The Morgan fingerprint density at radius 3 is 2.38 bits per heavy atom. The van der Waals surface area contributed by atoms with Gasteiger partial charge in [0.15, 0.2) is 0 Å². The van der Waals surface area contributed by atoms with Gasteiger partial charge >= 0.3 is 0 Å². The molecular formula is C28H38N2O4. The second kappa shape index (κ2) is 12.2. The maximum atomic E-state index is 13.6. The Kier molecular flexibility index (Phi) is 8.80. The van der Waals surface area contributed by atoms with Crippen molar-refractivity contribution in [1.82, 2.24) is 9.80 Å². The lowest BCUT2D eigenvalue weighted by molar-refractivity contribution is -0.142. The highest BCUT2D eigenvalue weighted by atomic mass is 16.5. The van der Waals surface area contributed by atoms with Gasteiger partial charge in [-0.1, -0.05) is 56.0 Å². The van der Waals surface area contributed by atoms with Gasteiger partial charge in [0, 0.05) is 26.1 Å². The Bertz CT molecular complexity index is 913. The molecule has 6 heteroatoms. The highest BCUT2D eigenvalue weighted by Crippen LogP contribution is 2.29. The summed E-state index contributed by atoms with van der Waals surface area (Å²) in [4.78, 5) is 30.3. The lowest BCUT2D eigenvalue weighted by Gasteiger charge is -2.29. The SMILES string of the molecule is Cc1ccc(CN(Cc2ccccc2)C(=O)CN(CC2CCCO2)C(=O)CCC2CCCC2)o1. The molecule has 2 aromatic rings. The number of hydrogen-bond acceptors (Lipinski definition) is 4. The number of benzene rings is 1. The molecule has 0 spiro atoms. The molecule has 0 bridgehead atoms. The van der Waals surface area contributed by atoms with Gasteiger partial charge < -0.3 is 19.0 Å². The Morgan fingerprint density at radius 1 is 0.912 bits per heavy atom. The second-order valence-corrected chi connectivity index (χ2v) is 9.85. The lowest BCUT2D eigenvalue weighted by Crippen LogP contribution is -2.45. The molecule has 2 aliphatic rings. The van der Waals surface area contributed by atoms with Crippen LogP contribution < -0.4 is 0 Å². The molecule has 1 saturated heterocycles. The predicted octanol–water partition coefficient (Wildman–Crippen LogP) is 5.09. The minimum Gasteiger partial charge on any atom is -0.464 e. The van der Waals surface area contributed by atoms with E-state index < -0.39 is 0 Å². The monoisotopic (exact) mass is 466 g/mol. The van der Waals surface area contributed by atoms with Crippen molar-refractivity contribution in [2.75, 3.05) is 19.7 Å². The van der Waals surface area contributed by atoms with E-state index in [1.54, 1.807) is 9.80 Å². The number of rotatable bonds is 11. The Hall–Kier alpha value is -2.60. The number of hydrogen-bond donors (Lipinski definition) is 0. The van der Waals surface area contributed by atoms with Gasteiger partial charge in [-0.25, -0.2) is 0 Å². The first kappa shape index (κ1) is 24.5. The minimum absolute atomic E-state index is 0.0264. The van der Waals surface area contributed by atoms with Crippen molar-refractivity contribution in [3.05, 3.63) is 59.5 Å². The molecule has 0 N–H and O–H groups in total. The molecule has 0 radical (unpaired) electrons. The summed E-state index contributed by atoms with van der Waals surface area (Å²) in [7, 11) is 0.